The van der Waals surface area contributed by atoms with Gasteiger partial charge in [0.05, 0.1) is 9.35 Å². The van der Waals surface area contributed by atoms with Crippen molar-refractivity contribution in [2.24, 2.45) is 0 Å². The van der Waals surface area contributed by atoms with Crippen LogP contribution in [-0.4, -0.2) is 48.9 Å². The number of halogens is 1. The Kier molecular flexibility index (Phi) is 4.22. The van der Waals surface area contributed by atoms with E-state index >= 15 is 0 Å². The van der Waals surface area contributed by atoms with Gasteiger partial charge in [0.1, 0.15) is 0 Å². The molecule has 1 fully saturated rings. The topological polar surface area (TPSA) is 23.6 Å². The van der Waals surface area contributed by atoms with E-state index in [4.69, 9.17) is 0 Å². The molecule has 1 aliphatic rings. The van der Waals surface area contributed by atoms with E-state index in [1.54, 1.807) is 11.3 Å². The molecule has 0 spiro atoms. The van der Waals surface area contributed by atoms with E-state index in [0.717, 1.165) is 28.9 Å². The Morgan fingerprint density at radius 2 is 2.41 bits per heavy atom. The third-order valence-electron chi connectivity index (χ3n) is 3.28. The Morgan fingerprint density at radius 3 is 3.00 bits per heavy atom. The smallest absolute Gasteiger partial charge is 0.254 e. The fraction of sp³-hybridized carbons (Fsp3) is 0.583. The summed E-state index contributed by atoms with van der Waals surface area (Å²) in [6.07, 6.45) is 2.28. The van der Waals surface area contributed by atoms with E-state index in [2.05, 4.69) is 27.9 Å². The molecule has 0 saturated carbocycles. The molecule has 1 atom stereocenters. The zero-order valence-corrected chi connectivity index (χ0v) is 12.6. The maximum absolute atomic E-state index is 12.3. The number of hydrogen-bond donors (Lipinski definition) is 0. The van der Waals surface area contributed by atoms with Gasteiger partial charge in [-0.1, -0.05) is 0 Å². The van der Waals surface area contributed by atoms with E-state index in [0.29, 0.717) is 6.04 Å². The van der Waals surface area contributed by atoms with E-state index in [1.807, 2.05) is 23.4 Å². The fourth-order valence-corrected chi connectivity index (χ4v) is 3.38. The van der Waals surface area contributed by atoms with E-state index in [-0.39, 0.29) is 5.91 Å². The highest BCUT2D eigenvalue weighted by molar-refractivity contribution is 9.11. The van der Waals surface area contributed by atoms with Crippen LogP contribution in [0, 0.1) is 0 Å². The Hall–Kier alpha value is -0.390. The molecule has 5 heteroatoms. The third kappa shape index (κ3) is 3.09. The lowest BCUT2D eigenvalue weighted by Gasteiger charge is -2.35. The summed E-state index contributed by atoms with van der Waals surface area (Å²) in [5.74, 6) is 0.132. The minimum atomic E-state index is 0.132. The summed E-state index contributed by atoms with van der Waals surface area (Å²) in [6, 6.07) is 2.25. The molecule has 2 rings (SSSR count). The van der Waals surface area contributed by atoms with Gasteiger partial charge in [0.2, 0.25) is 0 Å². The molecular weight excluding hydrogens is 300 g/mol. The quantitative estimate of drug-likeness (QED) is 0.837. The van der Waals surface area contributed by atoms with Gasteiger partial charge in [0.15, 0.2) is 0 Å². The maximum Gasteiger partial charge on any atom is 0.254 e. The molecule has 0 aliphatic carbocycles. The minimum Gasteiger partial charge on any atom is -0.337 e. The number of carbonyl (C=O) groups is 1. The van der Waals surface area contributed by atoms with Crippen molar-refractivity contribution in [3.8, 4) is 0 Å². The molecule has 1 saturated heterocycles. The molecule has 0 aromatic carbocycles. The Bertz CT molecular complexity index is 407. The van der Waals surface area contributed by atoms with Crippen LogP contribution >= 0.6 is 27.3 Å². The summed E-state index contributed by atoms with van der Waals surface area (Å²) in [5, 5.41) is 1.91. The first-order valence-corrected chi connectivity index (χ1v) is 7.45. The van der Waals surface area contributed by atoms with Crippen molar-refractivity contribution < 1.29 is 4.79 Å². The first-order valence-electron chi connectivity index (χ1n) is 5.77. The largest absolute Gasteiger partial charge is 0.337 e. The van der Waals surface area contributed by atoms with Gasteiger partial charge in [-0.15, -0.1) is 11.3 Å². The van der Waals surface area contributed by atoms with Crippen molar-refractivity contribution in [2.45, 2.75) is 18.9 Å². The van der Waals surface area contributed by atoms with Crippen LogP contribution < -0.4 is 0 Å². The van der Waals surface area contributed by atoms with Gasteiger partial charge < -0.3 is 9.80 Å². The average molecular weight is 317 g/mol. The lowest BCUT2D eigenvalue weighted by atomic mass is 10.0. The normalized spacial score (nSPS) is 21.5. The number of hydrogen-bond acceptors (Lipinski definition) is 3. The summed E-state index contributed by atoms with van der Waals surface area (Å²) in [6.45, 7) is 2.12. The molecule has 0 radical (unpaired) electrons. The van der Waals surface area contributed by atoms with Crippen LogP contribution in [0.4, 0.5) is 0 Å². The second-order valence-electron chi connectivity index (χ2n) is 4.61. The second-order valence-corrected chi connectivity index (χ2v) is 6.90. The second kappa shape index (κ2) is 5.50. The van der Waals surface area contributed by atoms with Crippen molar-refractivity contribution in [1.29, 1.82) is 0 Å². The summed E-state index contributed by atoms with van der Waals surface area (Å²) in [4.78, 5) is 16.4. The Morgan fingerprint density at radius 1 is 1.65 bits per heavy atom. The standard InChI is InChI=1S/C12H17BrN2OS/c1-14-5-3-4-10(7-14)15(2)12(16)9-6-11(13)17-8-9/h6,8,10H,3-5,7H2,1-2H3. The van der Waals surface area contributed by atoms with Gasteiger partial charge in [0.25, 0.3) is 5.91 Å². The molecule has 1 unspecified atom stereocenters. The lowest BCUT2D eigenvalue weighted by Crippen LogP contribution is -2.47. The predicted octanol–water partition coefficient (Wildman–Crippen LogP) is 2.68. The van der Waals surface area contributed by atoms with Gasteiger partial charge in [-0.05, 0) is 48.4 Å². The van der Waals surface area contributed by atoms with Crippen LogP contribution in [0.3, 0.4) is 0 Å². The Labute approximate surface area is 115 Å². The predicted molar refractivity (Wildman–Crippen MR) is 74.6 cm³/mol. The number of amides is 1. The average Bonchev–Trinajstić information content (AvgIpc) is 2.74. The van der Waals surface area contributed by atoms with Crippen LogP contribution in [0.25, 0.3) is 0 Å². The number of rotatable bonds is 2. The van der Waals surface area contributed by atoms with Crippen molar-refractivity contribution in [1.82, 2.24) is 9.80 Å². The first kappa shape index (κ1) is 13.1. The number of nitrogens with zero attached hydrogens (tertiary/aromatic N) is 2. The van der Waals surface area contributed by atoms with E-state index in [9.17, 15) is 4.79 Å². The minimum absolute atomic E-state index is 0.132. The van der Waals surface area contributed by atoms with Crippen molar-refractivity contribution >= 4 is 33.2 Å². The van der Waals surface area contributed by atoms with Crippen LogP contribution in [0.5, 0.6) is 0 Å². The molecule has 1 aromatic rings. The van der Waals surface area contributed by atoms with Gasteiger partial charge in [-0.3, -0.25) is 4.79 Å². The number of likely N-dealkylation sites (tertiary alicyclic amines) is 1. The number of piperidine rings is 1. The fourth-order valence-electron chi connectivity index (χ4n) is 2.25. The van der Waals surface area contributed by atoms with Crippen molar-refractivity contribution in [3.63, 3.8) is 0 Å². The van der Waals surface area contributed by atoms with Crippen LogP contribution in [-0.2, 0) is 0 Å². The SMILES string of the molecule is CN1CCCC(N(C)C(=O)c2csc(Br)c2)C1. The molecular formula is C12H17BrN2OS. The number of carbonyl (C=O) groups excluding carboxylic acids is 1. The van der Waals surface area contributed by atoms with Crippen molar-refractivity contribution in [3.05, 3.63) is 20.8 Å². The van der Waals surface area contributed by atoms with Crippen LogP contribution in [0.15, 0.2) is 15.2 Å². The summed E-state index contributed by atoms with van der Waals surface area (Å²) in [5.41, 5.74) is 0.789. The molecule has 3 nitrogen and oxygen atoms in total. The van der Waals surface area contributed by atoms with Crippen molar-refractivity contribution in [2.75, 3.05) is 27.2 Å². The number of thiophene rings is 1. The van der Waals surface area contributed by atoms with E-state index < -0.39 is 0 Å². The molecule has 0 N–H and O–H groups in total. The molecule has 1 aromatic heterocycles. The Balaban J connectivity index is 2.04. The van der Waals surface area contributed by atoms with E-state index in [1.165, 1.54) is 6.42 Å². The molecule has 1 amide bonds. The summed E-state index contributed by atoms with van der Waals surface area (Å²) in [7, 11) is 4.03. The maximum atomic E-state index is 12.3. The summed E-state index contributed by atoms with van der Waals surface area (Å²) >= 11 is 4.95. The van der Waals surface area contributed by atoms with Gasteiger partial charge in [-0.25, -0.2) is 0 Å². The molecule has 17 heavy (non-hydrogen) atoms. The van der Waals surface area contributed by atoms with Gasteiger partial charge >= 0.3 is 0 Å². The molecule has 2 heterocycles. The van der Waals surface area contributed by atoms with Gasteiger partial charge in [-0.2, -0.15) is 0 Å². The molecule has 94 valence electrons. The highest BCUT2D eigenvalue weighted by Crippen LogP contribution is 2.23. The third-order valence-corrected chi connectivity index (χ3v) is 4.79. The highest BCUT2D eigenvalue weighted by atomic mass is 79.9. The zero-order valence-electron chi connectivity index (χ0n) is 10.1. The summed E-state index contributed by atoms with van der Waals surface area (Å²) < 4.78 is 1.01. The molecule has 1 aliphatic heterocycles. The van der Waals surface area contributed by atoms with Crippen LogP contribution in [0.1, 0.15) is 23.2 Å². The molecule has 0 bridgehead atoms. The van der Waals surface area contributed by atoms with Crippen LogP contribution in [0.2, 0.25) is 0 Å². The zero-order chi connectivity index (χ0) is 12.4. The first-order chi connectivity index (χ1) is 8.08. The van der Waals surface area contributed by atoms with Gasteiger partial charge in [0, 0.05) is 25.0 Å². The number of likely N-dealkylation sites (N-methyl/N-ethyl adjacent to an activating group) is 2. The highest BCUT2D eigenvalue weighted by Gasteiger charge is 2.25. The monoisotopic (exact) mass is 316 g/mol. The lowest BCUT2D eigenvalue weighted by molar-refractivity contribution is 0.0644.